The molecule has 0 aliphatic heterocycles. The van der Waals surface area contributed by atoms with Crippen LogP contribution in [0.15, 0.2) is 52.9 Å². The molecule has 1 heterocycles. The lowest BCUT2D eigenvalue weighted by atomic mass is 10.1. The highest BCUT2D eigenvalue weighted by molar-refractivity contribution is 5.92. The first-order chi connectivity index (χ1) is 13.5. The number of anilines is 1. The Kier molecular flexibility index (Phi) is 6.16. The fourth-order valence-electron chi connectivity index (χ4n) is 2.66. The van der Waals surface area contributed by atoms with Crippen molar-refractivity contribution >= 4 is 17.5 Å². The highest BCUT2D eigenvalue weighted by Crippen LogP contribution is 2.19. The van der Waals surface area contributed by atoms with Crippen LogP contribution in [-0.4, -0.2) is 29.1 Å². The minimum atomic E-state index is -0.181. The van der Waals surface area contributed by atoms with Crippen LogP contribution in [0.5, 0.6) is 0 Å². The molecule has 0 aliphatic rings. The number of aryl methyl sites for hydroxylation is 2. The number of benzene rings is 2. The molecule has 0 saturated heterocycles. The summed E-state index contributed by atoms with van der Waals surface area (Å²) in [6.45, 7) is 2.01. The Morgan fingerprint density at radius 3 is 2.50 bits per heavy atom. The van der Waals surface area contributed by atoms with E-state index in [1.807, 2.05) is 49.4 Å². The Morgan fingerprint density at radius 2 is 1.75 bits per heavy atom. The number of carbonyl (C=O) groups is 2. The molecule has 2 aromatic carbocycles. The quantitative estimate of drug-likeness (QED) is 0.659. The predicted molar refractivity (Wildman–Crippen MR) is 106 cm³/mol. The van der Waals surface area contributed by atoms with E-state index in [1.165, 1.54) is 0 Å². The maximum atomic E-state index is 12.3. The Morgan fingerprint density at radius 1 is 1.00 bits per heavy atom. The minimum Gasteiger partial charge on any atom is -0.421 e. The number of carbonyl (C=O) groups excluding carboxylic acids is 2. The third-order valence-corrected chi connectivity index (χ3v) is 4.25. The summed E-state index contributed by atoms with van der Waals surface area (Å²) in [4.78, 5) is 23.9. The third-order valence-electron chi connectivity index (χ3n) is 4.25. The number of hydrogen-bond donors (Lipinski definition) is 2. The van der Waals surface area contributed by atoms with Gasteiger partial charge in [-0.15, -0.1) is 10.2 Å². The van der Waals surface area contributed by atoms with Crippen LogP contribution in [0.2, 0.25) is 0 Å². The van der Waals surface area contributed by atoms with Crippen molar-refractivity contribution < 1.29 is 14.0 Å². The standard InChI is InChI=1S/C21H22N4O3/c1-14-7-9-15(10-8-14)21-25-24-20(28-21)12-11-18(26)23-17-6-4-3-5-16(17)13-19(27)22-2/h3-10H,11-13H2,1-2H3,(H,22,27)(H,23,26). The molecule has 0 bridgehead atoms. The molecule has 0 radical (unpaired) electrons. The van der Waals surface area contributed by atoms with Gasteiger partial charge in [-0.2, -0.15) is 0 Å². The number of rotatable bonds is 7. The van der Waals surface area contributed by atoms with Gasteiger partial charge < -0.3 is 15.1 Å². The second-order valence-electron chi connectivity index (χ2n) is 6.42. The zero-order chi connectivity index (χ0) is 19.9. The van der Waals surface area contributed by atoms with Crippen LogP contribution in [0.4, 0.5) is 5.69 Å². The van der Waals surface area contributed by atoms with Crippen LogP contribution >= 0.6 is 0 Å². The van der Waals surface area contributed by atoms with E-state index >= 15 is 0 Å². The van der Waals surface area contributed by atoms with Gasteiger partial charge in [0.15, 0.2) is 0 Å². The maximum absolute atomic E-state index is 12.3. The first-order valence-electron chi connectivity index (χ1n) is 9.03. The zero-order valence-corrected chi connectivity index (χ0v) is 15.9. The molecule has 7 heteroatoms. The van der Waals surface area contributed by atoms with Crippen molar-refractivity contribution in [2.75, 3.05) is 12.4 Å². The fourth-order valence-corrected chi connectivity index (χ4v) is 2.66. The van der Waals surface area contributed by atoms with Crippen LogP contribution in [0.25, 0.3) is 11.5 Å². The van der Waals surface area contributed by atoms with Crippen molar-refractivity contribution in [1.29, 1.82) is 0 Å². The van der Waals surface area contributed by atoms with Crippen LogP contribution in [-0.2, 0) is 22.4 Å². The summed E-state index contributed by atoms with van der Waals surface area (Å²) >= 11 is 0. The van der Waals surface area contributed by atoms with Crippen LogP contribution in [0.3, 0.4) is 0 Å². The summed E-state index contributed by atoms with van der Waals surface area (Å²) in [7, 11) is 1.58. The Hall–Kier alpha value is -3.48. The van der Waals surface area contributed by atoms with Crippen molar-refractivity contribution in [3.05, 3.63) is 65.5 Å². The normalized spacial score (nSPS) is 10.5. The SMILES string of the molecule is CNC(=O)Cc1ccccc1NC(=O)CCc1nnc(-c2ccc(C)cc2)o1. The molecule has 2 amide bonds. The van der Waals surface area contributed by atoms with Gasteiger partial charge in [0.2, 0.25) is 23.6 Å². The molecule has 0 spiro atoms. The molecule has 0 aliphatic carbocycles. The Balaban J connectivity index is 1.58. The largest absolute Gasteiger partial charge is 0.421 e. The summed E-state index contributed by atoms with van der Waals surface area (Å²) in [6, 6.07) is 15.0. The topological polar surface area (TPSA) is 97.1 Å². The maximum Gasteiger partial charge on any atom is 0.247 e. The van der Waals surface area contributed by atoms with Crippen LogP contribution < -0.4 is 10.6 Å². The molecular weight excluding hydrogens is 356 g/mol. The second-order valence-corrected chi connectivity index (χ2v) is 6.42. The van der Waals surface area contributed by atoms with Crippen molar-refractivity contribution in [2.45, 2.75) is 26.2 Å². The van der Waals surface area contributed by atoms with Gasteiger partial charge in [-0.05, 0) is 30.7 Å². The lowest BCUT2D eigenvalue weighted by molar-refractivity contribution is -0.120. The highest BCUT2D eigenvalue weighted by atomic mass is 16.4. The third kappa shape index (κ3) is 5.03. The van der Waals surface area contributed by atoms with E-state index in [0.29, 0.717) is 23.9 Å². The summed E-state index contributed by atoms with van der Waals surface area (Å²) in [5.41, 5.74) is 3.38. The Labute approximate surface area is 163 Å². The van der Waals surface area contributed by atoms with E-state index in [-0.39, 0.29) is 24.7 Å². The number of likely N-dealkylation sites (N-methyl/N-ethyl adjacent to an activating group) is 1. The molecule has 3 rings (SSSR count). The van der Waals surface area contributed by atoms with E-state index in [2.05, 4.69) is 20.8 Å². The minimum absolute atomic E-state index is 0.115. The molecule has 0 atom stereocenters. The first kappa shape index (κ1) is 19.3. The predicted octanol–water partition coefficient (Wildman–Crippen LogP) is 2.90. The van der Waals surface area contributed by atoms with Crippen molar-refractivity contribution in [3.8, 4) is 11.5 Å². The van der Waals surface area contributed by atoms with Crippen LogP contribution in [0.1, 0.15) is 23.4 Å². The highest BCUT2D eigenvalue weighted by Gasteiger charge is 2.12. The van der Waals surface area contributed by atoms with E-state index in [9.17, 15) is 9.59 Å². The number of hydrogen-bond acceptors (Lipinski definition) is 5. The van der Waals surface area contributed by atoms with E-state index in [0.717, 1.165) is 16.7 Å². The molecule has 2 N–H and O–H groups in total. The summed E-state index contributed by atoms with van der Waals surface area (Å²) in [5, 5.41) is 13.5. The molecule has 1 aromatic heterocycles. The van der Waals surface area contributed by atoms with Crippen molar-refractivity contribution in [2.24, 2.45) is 0 Å². The Bertz CT molecular complexity index is 964. The number of amides is 2. The number of aromatic nitrogens is 2. The number of nitrogens with zero attached hydrogens (tertiary/aromatic N) is 2. The van der Waals surface area contributed by atoms with Gasteiger partial charge in [0.25, 0.3) is 0 Å². The van der Waals surface area contributed by atoms with E-state index in [4.69, 9.17) is 4.42 Å². The van der Waals surface area contributed by atoms with Gasteiger partial charge >= 0.3 is 0 Å². The lowest BCUT2D eigenvalue weighted by Gasteiger charge is -2.10. The molecular formula is C21H22N4O3. The molecule has 0 fully saturated rings. The monoisotopic (exact) mass is 378 g/mol. The number of para-hydroxylation sites is 1. The van der Waals surface area contributed by atoms with Gasteiger partial charge in [-0.1, -0.05) is 35.9 Å². The van der Waals surface area contributed by atoms with Crippen molar-refractivity contribution in [3.63, 3.8) is 0 Å². The van der Waals surface area contributed by atoms with Gasteiger partial charge in [0, 0.05) is 31.1 Å². The summed E-state index contributed by atoms with van der Waals surface area (Å²) in [6.07, 6.45) is 0.739. The molecule has 0 saturated carbocycles. The summed E-state index contributed by atoms with van der Waals surface area (Å²) in [5.74, 6) is 0.548. The van der Waals surface area contributed by atoms with Gasteiger partial charge in [0.05, 0.1) is 6.42 Å². The fraction of sp³-hybridized carbons (Fsp3) is 0.238. The molecule has 0 unspecified atom stereocenters. The second kappa shape index (κ2) is 8.94. The van der Waals surface area contributed by atoms with Crippen molar-refractivity contribution in [1.82, 2.24) is 15.5 Å². The number of nitrogens with one attached hydrogen (secondary N) is 2. The van der Waals surface area contributed by atoms with Gasteiger partial charge in [-0.25, -0.2) is 0 Å². The molecule has 28 heavy (non-hydrogen) atoms. The van der Waals surface area contributed by atoms with Gasteiger partial charge in [-0.3, -0.25) is 9.59 Å². The lowest BCUT2D eigenvalue weighted by Crippen LogP contribution is -2.21. The summed E-state index contributed by atoms with van der Waals surface area (Å²) < 4.78 is 5.65. The average molecular weight is 378 g/mol. The molecule has 144 valence electrons. The first-order valence-corrected chi connectivity index (χ1v) is 9.03. The zero-order valence-electron chi connectivity index (χ0n) is 15.9. The molecule has 7 nitrogen and oxygen atoms in total. The van der Waals surface area contributed by atoms with E-state index in [1.54, 1.807) is 13.1 Å². The average Bonchev–Trinajstić information content (AvgIpc) is 3.17. The van der Waals surface area contributed by atoms with E-state index < -0.39 is 0 Å². The smallest absolute Gasteiger partial charge is 0.247 e. The van der Waals surface area contributed by atoms with Crippen LogP contribution in [0, 0.1) is 6.92 Å². The van der Waals surface area contributed by atoms with Gasteiger partial charge in [0.1, 0.15) is 0 Å². The molecule has 3 aromatic rings.